The average Bonchev–Trinajstić information content (AvgIpc) is 3.40. The highest BCUT2D eigenvalue weighted by atomic mass is 35.5. The Morgan fingerprint density at radius 3 is 2.58 bits per heavy atom. The lowest BCUT2D eigenvalue weighted by atomic mass is 10.1. The molecule has 0 aliphatic carbocycles. The third-order valence-corrected chi connectivity index (χ3v) is 9.81. The summed E-state index contributed by atoms with van der Waals surface area (Å²) in [6.45, 7) is 2.85. The van der Waals surface area contributed by atoms with Gasteiger partial charge in [-0.2, -0.15) is 21.9 Å². The van der Waals surface area contributed by atoms with Gasteiger partial charge in [0.05, 0.1) is 5.69 Å². The van der Waals surface area contributed by atoms with E-state index < -0.39 is 10.2 Å². The van der Waals surface area contributed by atoms with E-state index in [1.54, 1.807) is 32.7 Å². The summed E-state index contributed by atoms with van der Waals surface area (Å²) < 4.78 is 34.0. The molecule has 2 aliphatic heterocycles. The number of pyridine rings is 3. The standard InChI is InChI=1S/C25H30N8O3S3.ClH/c1-18-21(7-6-12-26-18)36-22-15-20(37-23-8-4-5-11-27-23)16-28-25(22)29-24-17-33(30-38-24)19-9-13-32(14-10-19)39(34,35)31(2)3;/h4-8,11-12,15-17,19,30H,9-10,13-14H2,1-3H3,(H,28,29);1H. The van der Waals surface area contributed by atoms with Crippen molar-refractivity contribution in [1.29, 1.82) is 0 Å². The maximum atomic E-state index is 12.4. The molecule has 0 amide bonds. The highest BCUT2D eigenvalue weighted by molar-refractivity contribution is 8.01. The van der Waals surface area contributed by atoms with Crippen molar-refractivity contribution in [1.82, 2.24) is 33.4 Å². The molecule has 5 rings (SSSR count). The monoisotopic (exact) mass is 622 g/mol. The van der Waals surface area contributed by atoms with E-state index in [0.29, 0.717) is 30.4 Å². The second-order valence-electron chi connectivity index (χ2n) is 9.12. The summed E-state index contributed by atoms with van der Waals surface area (Å²) in [4.78, 5) is 17.6. The van der Waals surface area contributed by atoms with Crippen LogP contribution in [0.15, 0.2) is 76.1 Å². The molecule has 1 saturated heterocycles. The predicted octanol–water partition coefficient (Wildman–Crippen LogP) is 4.50. The molecule has 40 heavy (non-hydrogen) atoms. The Morgan fingerprint density at radius 2 is 1.88 bits per heavy atom. The van der Waals surface area contributed by atoms with E-state index in [0.717, 1.165) is 33.5 Å². The minimum absolute atomic E-state index is 0. The number of aryl methyl sites for hydroxylation is 1. The number of nitrogens with zero attached hydrogens (tertiary/aromatic N) is 6. The number of ether oxygens (including phenoxy) is 1. The van der Waals surface area contributed by atoms with Crippen LogP contribution in [0, 0.1) is 6.92 Å². The van der Waals surface area contributed by atoms with Gasteiger partial charge < -0.3 is 10.1 Å². The van der Waals surface area contributed by atoms with E-state index in [4.69, 9.17) is 4.74 Å². The van der Waals surface area contributed by atoms with Gasteiger partial charge in [0.2, 0.25) is 0 Å². The van der Waals surface area contributed by atoms with Crippen molar-refractivity contribution < 1.29 is 13.2 Å². The molecule has 2 N–H and O–H groups in total. The lowest BCUT2D eigenvalue weighted by molar-refractivity contribution is 0.174. The summed E-state index contributed by atoms with van der Waals surface area (Å²) in [5, 5.41) is 7.13. The largest absolute Gasteiger partial charge is 0.452 e. The second-order valence-corrected chi connectivity index (χ2v) is 13.2. The molecule has 0 spiro atoms. The first kappa shape index (κ1) is 30.4. The van der Waals surface area contributed by atoms with Crippen LogP contribution in [0.4, 0.5) is 5.82 Å². The van der Waals surface area contributed by atoms with Crippen molar-refractivity contribution >= 4 is 52.1 Å². The van der Waals surface area contributed by atoms with Crippen molar-refractivity contribution in [2.24, 2.45) is 0 Å². The topological polar surface area (TPSA) is 116 Å². The van der Waals surface area contributed by atoms with Gasteiger partial charge in [-0.25, -0.2) is 9.97 Å². The molecule has 0 atom stereocenters. The summed E-state index contributed by atoms with van der Waals surface area (Å²) in [6.07, 6.45) is 8.70. The SMILES string of the molecule is Cc1ncccc1Oc1cc(Sc2ccccn2)cnc1NC1=CN(C2CCN(S(=O)(=O)N(C)C)CC2)NS1.Cl. The van der Waals surface area contributed by atoms with Gasteiger partial charge in [-0.1, -0.05) is 17.8 Å². The highest BCUT2D eigenvalue weighted by Crippen LogP contribution is 2.37. The van der Waals surface area contributed by atoms with Gasteiger partial charge in [0.15, 0.2) is 11.6 Å². The van der Waals surface area contributed by atoms with Crippen molar-refractivity contribution in [3.8, 4) is 11.5 Å². The van der Waals surface area contributed by atoms with Crippen molar-refractivity contribution in [2.45, 2.75) is 35.7 Å². The quantitative estimate of drug-likeness (QED) is 0.329. The molecule has 0 bridgehead atoms. The Kier molecular flexibility index (Phi) is 10.2. The van der Waals surface area contributed by atoms with Gasteiger partial charge >= 0.3 is 0 Å². The van der Waals surface area contributed by atoms with Crippen molar-refractivity contribution in [3.63, 3.8) is 0 Å². The maximum absolute atomic E-state index is 12.4. The number of halogens is 1. The average molecular weight is 623 g/mol. The van der Waals surface area contributed by atoms with Crippen molar-refractivity contribution in [3.05, 3.63) is 71.9 Å². The summed E-state index contributed by atoms with van der Waals surface area (Å²) in [5.74, 6) is 1.78. The van der Waals surface area contributed by atoms with Crippen LogP contribution in [0.1, 0.15) is 18.5 Å². The van der Waals surface area contributed by atoms with Gasteiger partial charge in [0, 0.05) is 69.0 Å². The number of hydrogen-bond acceptors (Lipinski definition) is 11. The maximum Gasteiger partial charge on any atom is 0.281 e. The van der Waals surface area contributed by atoms with E-state index in [-0.39, 0.29) is 18.4 Å². The molecular formula is C25H31ClN8O3S3. The van der Waals surface area contributed by atoms with E-state index in [1.807, 2.05) is 54.5 Å². The number of hydrogen-bond donors (Lipinski definition) is 2. The summed E-state index contributed by atoms with van der Waals surface area (Å²) >= 11 is 2.94. The molecule has 1 fully saturated rings. The first-order chi connectivity index (χ1) is 18.8. The van der Waals surface area contributed by atoms with Crippen LogP contribution >= 0.6 is 36.1 Å². The van der Waals surface area contributed by atoms with Gasteiger partial charge in [0.25, 0.3) is 10.2 Å². The fourth-order valence-corrected chi connectivity index (χ4v) is 6.72. The minimum atomic E-state index is -3.39. The highest BCUT2D eigenvalue weighted by Gasteiger charge is 2.32. The molecule has 3 aromatic heterocycles. The number of nitrogens with one attached hydrogen (secondary N) is 2. The number of hydrazine groups is 1. The van der Waals surface area contributed by atoms with E-state index in [2.05, 4.69) is 25.1 Å². The Labute approximate surface area is 249 Å². The van der Waals surface area contributed by atoms with Crippen LogP contribution in [-0.2, 0) is 10.2 Å². The first-order valence-electron chi connectivity index (χ1n) is 12.4. The molecule has 11 nitrogen and oxygen atoms in total. The molecule has 15 heteroatoms. The number of rotatable bonds is 9. The van der Waals surface area contributed by atoms with Gasteiger partial charge in [-0.3, -0.25) is 9.99 Å². The van der Waals surface area contributed by atoms with Crippen molar-refractivity contribution in [2.75, 3.05) is 32.5 Å². The van der Waals surface area contributed by atoms with Gasteiger partial charge in [-0.15, -0.1) is 12.4 Å². The molecule has 0 aromatic carbocycles. The Balaban J connectivity index is 0.00000370. The third-order valence-electron chi connectivity index (χ3n) is 6.23. The molecule has 3 aromatic rings. The smallest absolute Gasteiger partial charge is 0.281 e. The zero-order chi connectivity index (χ0) is 27.4. The van der Waals surface area contributed by atoms with E-state index in [9.17, 15) is 8.42 Å². The van der Waals surface area contributed by atoms with Crippen LogP contribution in [0.25, 0.3) is 0 Å². The summed E-state index contributed by atoms with van der Waals surface area (Å²) in [6, 6.07) is 11.6. The summed E-state index contributed by atoms with van der Waals surface area (Å²) in [7, 11) is -0.270. The van der Waals surface area contributed by atoms with Gasteiger partial charge in [0.1, 0.15) is 15.8 Å². The molecule has 0 unspecified atom stereocenters. The molecule has 5 heterocycles. The summed E-state index contributed by atoms with van der Waals surface area (Å²) in [5.41, 5.74) is 0.774. The lowest BCUT2D eigenvalue weighted by Gasteiger charge is -2.36. The first-order valence-corrected chi connectivity index (χ1v) is 15.4. The van der Waals surface area contributed by atoms with Crippen LogP contribution in [0.2, 0.25) is 0 Å². The van der Waals surface area contributed by atoms with Crippen LogP contribution in [-0.4, -0.2) is 70.2 Å². The molecule has 2 aliphatic rings. The molecule has 0 saturated carbocycles. The number of anilines is 1. The Bertz CT molecular complexity index is 1440. The number of aromatic nitrogens is 3. The molecule has 214 valence electrons. The Hall–Kier alpha value is -2.59. The second kappa shape index (κ2) is 13.4. The van der Waals surface area contributed by atoms with Crippen LogP contribution in [0.5, 0.6) is 11.5 Å². The fraction of sp³-hybridized carbons (Fsp3) is 0.320. The predicted molar refractivity (Wildman–Crippen MR) is 160 cm³/mol. The van der Waals surface area contributed by atoms with Crippen LogP contribution in [0.3, 0.4) is 0 Å². The van der Waals surface area contributed by atoms with Gasteiger partial charge in [-0.05, 0) is 56.0 Å². The Morgan fingerprint density at radius 1 is 1.10 bits per heavy atom. The molecular weight excluding hydrogens is 592 g/mol. The fourth-order valence-electron chi connectivity index (χ4n) is 4.10. The van der Waals surface area contributed by atoms with E-state index in [1.165, 1.54) is 32.3 Å². The lowest BCUT2D eigenvalue weighted by Crippen LogP contribution is -2.49. The van der Waals surface area contributed by atoms with Crippen LogP contribution < -0.4 is 14.9 Å². The number of piperidine rings is 1. The molecule has 0 radical (unpaired) electrons. The third kappa shape index (κ3) is 7.18. The minimum Gasteiger partial charge on any atom is -0.452 e. The zero-order valence-electron chi connectivity index (χ0n) is 22.2. The zero-order valence-corrected chi connectivity index (χ0v) is 25.5. The van der Waals surface area contributed by atoms with E-state index >= 15 is 0 Å². The normalized spacial score (nSPS) is 16.5.